The van der Waals surface area contributed by atoms with Gasteiger partial charge in [-0.3, -0.25) is 0 Å². The van der Waals surface area contributed by atoms with Gasteiger partial charge in [0.1, 0.15) is 0 Å². The van der Waals surface area contributed by atoms with E-state index in [2.05, 4.69) is 52.9 Å². The van der Waals surface area contributed by atoms with Crippen LogP contribution in [-0.2, 0) is 0 Å². The van der Waals surface area contributed by atoms with Crippen molar-refractivity contribution < 1.29 is 0 Å². The van der Waals surface area contributed by atoms with E-state index < -0.39 is 0 Å². The summed E-state index contributed by atoms with van der Waals surface area (Å²) < 4.78 is 2.20. The van der Waals surface area contributed by atoms with Crippen molar-refractivity contribution in [2.45, 2.75) is 0 Å². The number of nitrogens with zero attached hydrogens (tertiary/aromatic N) is 3. The van der Waals surface area contributed by atoms with Crippen molar-refractivity contribution in [1.29, 1.82) is 10.5 Å². The van der Waals surface area contributed by atoms with E-state index in [0.717, 1.165) is 43.7 Å². The molecule has 2 heterocycles. The molecular formula is C26H13N3. The standard InChI is InChI=1S/C26H13N3/c27-14-16-6-8-20-22-12-19(18-4-2-1-3-5-18)13-23-21-9-7-17(15-28)11-25(21)29(26(22)23)24(20)10-16/h1-13H. The Morgan fingerprint density at radius 3 is 1.62 bits per heavy atom. The Balaban J connectivity index is 1.89. The van der Waals surface area contributed by atoms with E-state index in [-0.39, 0.29) is 0 Å². The summed E-state index contributed by atoms with van der Waals surface area (Å²) in [6.45, 7) is 0. The van der Waals surface area contributed by atoms with Crippen LogP contribution in [0.25, 0.3) is 49.2 Å². The van der Waals surface area contributed by atoms with Gasteiger partial charge in [-0.2, -0.15) is 10.5 Å². The van der Waals surface area contributed by atoms with E-state index in [9.17, 15) is 10.5 Å². The molecule has 0 aliphatic carbocycles. The maximum absolute atomic E-state index is 9.42. The van der Waals surface area contributed by atoms with Crippen LogP contribution in [0.15, 0.2) is 78.9 Å². The third-order valence-corrected chi connectivity index (χ3v) is 5.76. The minimum atomic E-state index is 0.631. The molecule has 0 aliphatic heterocycles. The van der Waals surface area contributed by atoms with Crippen molar-refractivity contribution >= 4 is 38.1 Å². The van der Waals surface area contributed by atoms with Gasteiger partial charge in [-0.25, -0.2) is 0 Å². The first-order chi connectivity index (χ1) is 14.3. The summed E-state index contributed by atoms with van der Waals surface area (Å²) in [5, 5.41) is 23.4. The van der Waals surface area contributed by atoms with E-state index in [1.807, 2.05) is 42.5 Å². The van der Waals surface area contributed by atoms with E-state index in [1.165, 1.54) is 5.56 Å². The van der Waals surface area contributed by atoms with Crippen LogP contribution in [0.2, 0.25) is 0 Å². The van der Waals surface area contributed by atoms with Gasteiger partial charge in [0.25, 0.3) is 0 Å². The van der Waals surface area contributed by atoms with E-state index in [1.54, 1.807) is 0 Å². The third kappa shape index (κ3) is 2.05. The molecule has 0 unspecified atom stereocenters. The number of hydrogen-bond donors (Lipinski definition) is 0. The van der Waals surface area contributed by atoms with Gasteiger partial charge in [0.15, 0.2) is 0 Å². The molecule has 0 aliphatic rings. The Bertz CT molecular complexity index is 1560. The molecule has 0 amide bonds. The van der Waals surface area contributed by atoms with Crippen LogP contribution in [-0.4, -0.2) is 4.40 Å². The van der Waals surface area contributed by atoms with Crippen LogP contribution in [0.3, 0.4) is 0 Å². The molecule has 0 radical (unpaired) electrons. The largest absolute Gasteiger partial charge is 0.308 e. The van der Waals surface area contributed by atoms with Crippen LogP contribution in [0.4, 0.5) is 0 Å². The summed E-state index contributed by atoms with van der Waals surface area (Å²) in [4.78, 5) is 0. The minimum Gasteiger partial charge on any atom is -0.308 e. The van der Waals surface area contributed by atoms with Crippen molar-refractivity contribution in [1.82, 2.24) is 4.40 Å². The Morgan fingerprint density at radius 2 is 1.10 bits per heavy atom. The van der Waals surface area contributed by atoms with Gasteiger partial charge in [-0.05, 0) is 47.5 Å². The van der Waals surface area contributed by atoms with Gasteiger partial charge in [0.2, 0.25) is 0 Å². The van der Waals surface area contributed by atoms with Crippen molar-refractivity contribution in [2.75, 3.05) is 0 Å². The minimum absolute atomic E-state index is 0.631. The second-order valence-electron chi connectivity index (χ2n) is 7.31. The summed E-state index contributed by atoms with van der Waals surface area (Å²) >= 11 is 0. The fourth-order valence-electron chi connectivity index (χ4n) is 4.48. The molecule has 0 saturated heterocycles. The molecule has 0 bridgehead atoms. The number of benzene rings is 4. The SMILES string of the molecule is N#Cc1ccc2c3cc(-c4ccccc4)cc4c5ccc(C#N)cc5n(c2c1)c34. The molecule has 6 aromatic rings. The molecular weight excluding hydrogens is 354 g/mol. The highest BCUT2D eigenvalue weighted by molar-refractivity contribution is 6.24. The Hall–Kier alpha value is -4.34. The van der Waals surface area contributed by atoms with Crippen LogP contribution < -0.4 is 0 Å². The van der Waals surface area contributed by atoms with Crippen molar-refractivity contribution in [3.8, 4) is 23.3 Å². The molecule has 0 atom stereocenters. The maximum atomic E-state index is 9.42. The lowest BCUT2D eigenvalue weighted by Gasteiger charge is -2.04. The van der Waals surface area contributed by atoms with Crippen molar-refractivity contribution in [3.05, 3.63) is 90.0 Å². The van der Waals surface area contributed by atoms with Gasteiger partial charge in [-0.1, -0.05) is 42.5 Å². The number of rotatable bonds is 1. The first kappa shape index (κ1) is 15.7. The zero-order valence-electron chi connectivity index (χ0n) is 15.3. The van der Waals surface area contributed by atoms with Gasteiger partial charge >= 0.3 is 0 Å². The van der Waals surface area contributed by atoms with Gasteiger partial charge in [0.05, 0.1) is 39.8 Å². The fraction of sp³-hybridized carbons (Fsp3) is 0. The van der Waals surface area contributed by atoms with Crippen LogP contribution in [0.1, 0.15) is 11.1 Å². The lowest BCUT2D eigenvalue weighted by molar-refractivity contribution is 1.36. The quantitative estimate of drug-likeness (QED) is 0.345. The molecule has 0 spiro atoms. The first-order valence-electron chi connectivity index (χ1n) is 9.41. The average molecular weight is 367 g/mol. The highest BCUT2D eigenvalue weighted by Gasteiger charge is 2.19. The summed E-state index contributed by atoms with van der Waals surface area (Å²) in [6.07, 6.45) is 0. The first-order valence-corrected chi connectivity index (χ1v) is 9.41. The second kappa shape index (κ2) is 5.58. The summed E-state index contributed by atoms with van der Waals surface area (Å²) in [5.41, 5.74) is 6.73. The molecule has 0 saturated carbocycles. The van der Waals surface area contributed by atoms with Gasteiger partial charge in [-0.15, -0.1) is 0 Å². The Kier molecular flexibility index (Phi) is 3.02. The fourth-order valence-corrected chi connectivity index (χ4v) is 4.48. The molecule has 0 N–H and O–H groups in total. The van der Waals surface area contributed by atoms with Gasteiger partial charge < -0.3 is 4.40 Å². The topological polar surface area (TPSA) is 52.0 Å². The van der Waals surface area contributed by atoms with E-state index in [4.69, 9.17) is 0 Å². The Labute approximate surface area is 166 Å². The summed E-state index contributed by atoms with van der Waals surface area (Å²) in [6, 6.07) is 31.0. The number of nitriles is 2. The molecule has 0 fully saturated rings. The molecule has 132 valence electrons. The predicted molar refractivity (Wildman–Crippen MR) is 116 cm³/mol. The maximum Gasteiger partial charge on any atom is 0.0992 e. The summed E-state index contributed by atoms with van der Waals surface area (Å²) in [5.74, 6) is 0. The molecule has 2 aromatic heterocycles. The van der Waals surface area contributed by atoms with Crippen LogP contribution in [0.5, 0.6) is 0 Å². The monoisotopic (exact) mass is 367 g/mol. The molecule has 6 rings (SSSR count). The highest BCUT2D eigenvalue weighted by atomic mass is 14.9. The smallest absolute Gasteiger partial charge is 0.0992 e. The number of aromatic nitrogens is 1. The molecule has 29 heavy (non-hydrogen) atoms. The zero-order chi connectivity index (χ0) is 19.5. The molecule has 3 nitrogen and oxygen atoms in total. The Morgan fingerprint density at radius 1 is 0.552 bits per heavy atom. The van der Waals surface area contributed by atoms with E-state index >= 15 is 0 Å². The summed E-state index contributed by atoms with van der Waals surface area (Å²) in [7, 11) is 0. The lowest BCUT2D eigenvalue weighted by Crippen LogP contribution is -1.83. The van der Waals surface area contributed by atoms with Crippen LogP contribution in [0, 0.1) is 22.7 Å². The normalized spacial score (nSPS) is 11.4. The second-order valence-corrected chi connectivity index (χ2v) is 7.31. The van der Waals surface area contributed by atoms with E-state index in [0.29, 0.717) is 11.1 Å². The van der Waals surface area contributed by atoms with Gasteiger partial charge in [0, 0.05) is 21.5 Å². The lowest BCUT2D eigenvalue weighted by atomic mass is 9.99. The predicted octanol–water partition coefficient (Wildman–Crippen LogP) is 6.25. The third-order valence-electron chi connectivity index (χ3n) is 5.76. The molecule has 4 aromatic carbocycles. The molecule has 3 heteroatoms. The highest BCUT2D eigenvalue weighted by Crippen LogP contribution is 2.41. The number of hydrogen-bond acceptors (Lipinski definition) is 2. The van der Waals surface area contributed by atoms with Crippen molar-refractivity contribution in [3.63, 3.8) is 0 Å². The average Bonchev–Trinajstić information content (AvgIpc) is 3.29. The zero-order valence-corrected chi connectivity index (χ0v) is 15.3. The number of fused-ring (bicyclic) bond motifs is 6. The van der Waals surface area contributed by atoms with Crippen LogP contribution >= 0.6 is 0 Å². The van der Waals surface area contributed by atoms with Crippen molar-refractivity contribution in [2.24, 2.45) is 0 Å².